The van der Waals surface area contributed by atoms with Gasteiger partial charge >= 0.3 is 0 Å². The molecule has 31 heavy (non-hydrogen) atoms. The zero-order valence-electron chi connectivity index (χ0n) is 17.2. The number of hydrogen-bond acceptors (Lipinski definition) is 6. The average Bonchev–Trinajstić information content (AvgIpc) is 3.38. The quantitative estimate of drug-likeness (QED) is 0.548. The van der Waals surface area contributed by atoms with Crippen LogP contribution in [-0.4, -0.2) is 53.5 Å². The first-order valence-electron chi connectivity index (χ1n) is 9.99. The fourth-order valence-electron chi connectivity index (χ4n) is 3.71. The first-order valence-corrected chi connectivity index (χ1v) is 11.8. The second-order valence-corrected chi connectivity index (χ2v) is 9.89. The van der Waals surface area contributed by atoms with Gasteiger partial charge in [-0.2, -0.15) is 0 Å². The Morgan fingerprint density at radius 2 is 1.87 bits per heavy atom. The Kier molecular flexibility index (Phi) is 5.73. The summed E-state index contributed by atoms with van der Waals surface area (Å²) in [6, 6.07) is 14.3. The number of rotatable bonds is 6. The van der Waals surface area contributed by atoms with E-state index in [0.29, 0.717) is 35.9 Å². The van der Waals surface area contributed by atoms with Crippen LogP contribution in [-0.2, 0) is 9.84 Å². The molecule has 0 bridgehead atoms. The van der Waals surface area contributed by atoms with Crippen molar-refractivity contribution in [3.05, 3.63) is 72.3 Å². The van der Waals surface area contributed by atoms with Crippen molar-refractivity contribution in [1.82, 2.24) is 15.1 Å². The van der Waals surface area contributed by atoms with E-state index < -0.39 is 9.84 Å². The first kappa shape index (κ1) is 21.0. The molecule has 0 radical (unpaired) electrons. The van der Waals surface area contributed by atoms with Crippen LogP contribution in [0.4, 0.5) is 0 Å². The molecule has 4 rings (SSSR count). The Labute approximate surface area is 181 Å². The van der Waals surface area contributed by atoms with Crippen LogP contribution in [0.2, 0.25) is 0 Å². The number of carbonyl (C=O) groups is 1. The van der Waals surface area contributed by atoms with Gasteiger partial charge in [0, 0.05) is 29.3 Å². The van der Waals surface area contributed by atoms with Gasteiger partial charge in [-0.25, -0.2) is 8.42 Å². The molecule has 1 atom stereocenters. The van der Waals surface area contributed by atoms with Gasteiger partial charge in [0.05, 0.1) is 11.5 Å². The molecule has 1 aliphatic heterocycles. The molecule has 0 saturated carbocycles. The third-order valence-electron chi connectivity index (χ3n) is 5.30. The van der Waals surface area contributed by atoms with E-state index in [1.54, 1.807) is 35.2 Å². The molecule has 1 unspecified atom stereocenters. The number of carbonyl (C=O) groups excluding carboxylic acids is 1. The van der Waals surface area contributed by atoms with Crippen LogP contribution in [0.5, 0.6) is 0 Å². The third kappa shape index (κ3) is 4.59. The maximum absolute atomic E-state index is 13.0. The van der Waals surface area contributed by atoms with Gasteiger partial charge in [0.1, 0.15) is 0 Å². The molecule has 3 aromatic rings. The van der Waals surface area contributed by atoms with Gasteiger partial charge in [-0.1, -0.05) is 23.8 Å². The molecule has 1 aliphatic rings. The highest BCUT2D eigenvalue weighted by Gasteiger charge is 2.34. The summed E-state index contributed by atoms with van der Waals surface area (Å²) in [6.45, 7) is 5.99. The summed E-state index contributed by atoms with van der Waals surface area (Å²) in [4.78, 5) is 14.6. The van der Waals surface area contributed by atoms with Crippen molar-refractivity contribution < 1.29 is 17.6 Å². The van der Waals surface area contributed by atoms with E-state index in [1.165, 1.54) is 0 Å². The minimum atomic E-state index is -3.10. The minimum absolute atomic E-state index is 0.00557. The van der Waals surface area contributed by atoms with Gasteiger partial charge in [-0.15, -0.1) is 16.8 Å². The van der Waals surface area contributed by atoms with Crippen molar-refractivity contribution in [2.24, 2.45) is 0 Å². The summed E-state index contributed by atoms with van der Waals surface area (Å²) in [7, 11) is -3.10. The largest absolute Gasteiger partial charge is 0.416 e. The molecule has 8 heteroatoms. The van der Waals surface area contributed by atoms with Crippen molar-refractivity contribution in [3.8, 4) is 22.9 Å². The van der Waals surface area contributed by atoms with Crippen LogP contribution >= 0.6 is 0 Å². The zero-order chi connectivity index (χ0) is 22.0. The lowest BCUT2D eigenvalue weighted by molar-refractivity contribution is 0.0720. The Hall–Kier alpha value is -3.26. The number of nitrogens with zero attached hydrogens (tertiary/aromatic N) is 3. The molecule has 0 spiro atoms. The van der Waals surface area contributed by atoms with Crippen molar-refractivity contribution in [2.75, 3.05) is 18.1 Å². The highest BCUT2D eigenvalue weighted by atomic mass is 32.2. The number of benzene rings is 2. The summed E-state index contributed by atoms with van der Waals surface area (Å²) in [5.41, 5.74) is 3.10. The Morgan fingerprint density at radius 3 is 2.48 bits per heavy atom. The number of amides is 1. The Morgan fingerprint density at radius 1 is 1.16 bits per heavy atom. The predicted octanol–water partition coefficient (Wildman–Crippen LogP) is 3.53. The molecule has 1 aromatic heterocycles. The van der Waals surface area contributed by atoms with E-state index in [4.69, 9.17) is 4.42 Å². The lowest BCUT2D eigenvalue weighted by atomic mass is 10.1. The molecule has 2 aromatic carbocycles. The van der Waals surface area contributed by atoms with Crippen LogP contribution in [0.1, 0.15) is 22.3 Å². The highest BCUT2D eigenvalue weighted by Crippen LogP contribution is 2.26. The molecule has 160 valence electrons. The Bertz CT molecular complexity index is 1220. The first-order chi connectivity index (χ1) is 14.9. The van der Waals surface area contributed by atoms with Crippen LogP contribution in [0.25, 0.3) is 22.9 Å². The van der Waals surface area contributed by atoms with Crippen LogP contribution in [0, 0.1) is 6.92 Å². The summed E-state index contributed by atoms with van der Waals surface area (Å²) in [5, 5.41) is 8.24. The maximum atomic E-state index is 13.0. The smallest absolute Gasteiger partial charge is 0.254 e. The molecule has 7 nitrogen and oxygen atoms in total. The van der Waals surface area contributed by atoms with Crippen molar-refractivity contribution in [3.63, 3.8) is 0 Å². The van der Waals surface area contributed by atoms with E-state index in [0.717, 1.165) is 11.1 Å². The second kappa shape index (κ2) is 8.47. The lowest BCUT2D eigenvalue weighted by Gasteiger charge is -2.27. The second-order valence-electron chi connectivity index (χ2n) is 7.66. The molecule has 1 fully saturated rings. The van der Waals surface area contributed by atoms with E-state index in [-0.39, 0.29) is 23.5 Å². The van der Waals surface area contributed by atoms with Crippen LogP contribution in [0.15, 0.2) is 65.6 Å². The average molecular weight is 438 g/mol. The summed E-state index contributed by atoms with van der Waals surface area (Å²) >= 11 is 0. The molecular formula is C23H23N3O4S. The summed E-state index contributed by atoms with van der Waals surface area (Å²) in [5.74, 6) is 0.671. The van der Waals surface area contributed by atoms with Gasteiger partial charge in [0.2, 0.25) is 11.8 Å². The highest BCUT2D eigenvalue weighted by molar-refractivity contribution is 7.91. The normalized spacial score (nSPS) is 17.4. The van der Waals surface area contributed by atoms with Gasteiger partial charge in [-0.3, -0.25) is 4.79 Å². The van der Waals surface area contributed by atoms with Crippen LogP contribution in [0.3, 0.4) is 0 Å². The number of hydrogen-bond donors (Lipinski definition) is 0. The van der Waals surface area contributed by atoms with E-state index >= 15 is 0 Å². The van der Waals surface area contributed by atoms with Crippen molar-refractivity contribution in [1.29, 1.82) is 0 Å². The monoisotopic (exact) mass is 437 g/mol. The zero-order valence-corrected chi connectivity index (χ0v) is 18.0. The van der Waals surface area contributed by atoms with Gasteiger partial charge in [0.15, 0.2) is 9.84 Å². The minimum Gasteiger partial charge on any atom is -0.416 e. The topological polar surface area (TPSA) is 93.4 Å². The van der Waals surface area contributed by atoms with Crippen LogP contribution < -0.4 is 0 Å². The molecule has 2 heterocycles. The number of aryl methyl sites for hydroxylation is 1. The summed E-state index contributed by atoms with van der Waals surface area (Å²) < 4.78 is 29.5. The number of sulfone groups is 1. The number of aromatic nitrogens is 2. The van der Waals surface area contributed by atoms with Gasteiger partial charge < -0.3 is 9.32 Å². The molecule has 0 aliphatic carbocycles. The standard InChI is InChI=1S/C23H23N3O4S/c1-3-12-26(20-11-13-31(28,29)15-20)23(27)18-9-7-17(8-10-18)21-24-25-22(30-21)19-6-4-5-16(2)14-19/h3-10,14,20H,1,11-13,15H2,2H3. The molecular weight excluding hydrogens is 414 g/mol. The molecule has 1 amide bonds. The van der Waals surface area contributed by atoms with Gasteiger partial charge in [0.25, 0.3) is 5.91 Å². The fourth-order valence-corrected chi connectivity index (χ4v) is 5.44. The summed E-state index contributed by atoms with van der Waals surface area (Å²) in [6.07, 6.45) is 2.06. The van der Waals surface area contributed by atoms with E-state index in [9.17, 15) is 13.2 Å². The SMILES string of the molecule is C=CCN(C(=O)c1ccc(-c2nnc(-c3cccc(C)c3)o2)cc1)C1CCS(=O)(=O)C1. The fraction of sp³-hybridized carbons (Fsp3) is 0.261. The van der Waals surface area contributed by atoms with Crippen molar-refractivity contribution >= 4 is 15.7 Å². The maximum Gasteiger partial charge on any atom is 0.254 e. The Balaban J connectivity index is 1.53. The molecule has 0 N–H and O–H groups in total. The third-order valence-corrected chi connectivity index (χ3v) is 7.06. The lowest BCUT2D eigenvalue weighted by Crippen LogP contribution is -2.41. The van der Waals surface area contributed by atoms with Gasteiger partial charge in [-0.05, 0) is 49.7 Å². The van der Waals surface area contributed by atoms with Crippen molar-refractivity contribution in [2.45, 2.75) is 19.4 Å². The molecule has 1 saturated heterocycles. The van der Waals surface area contributed by atoms with E-state index in [2.05, 4.69) is 16.8 Å². The van der Waals surface area contributed by atoms with E-state index in [1.807, 2.05) is 31.2 Å². The predicted molar refractivity (Wildman–Crippen MR) is 118 cm³/mol.